The highest BCUT2D eigenvalue weighted by atomic mass is 32.2. The zero-order valence-electron chi connectivity index (χ0n) is 15.8. The first-order valence-electron chi connectivity index (χ1n) is 9.35. The highest BCUT2D eigenvalue weighted by Crippen LogP contribution is 2.40. The van der Waals surface area contributed by atoms with Crippen molar-refractivity contribution in [3.05, 3.63) is 77.7 Å². The third kappa shape index (κ3) is 3.11. The molecule has 148 valence electrons. The Morgan fingerprint density at radius 1 is 0.967 bits per heavy atom. The zero-order valence-corrected chi connectivity index (χ0v) is 17.4. The molecular formula is C23H16N2O3S2. The lowest BCUT2D eigenvalue weighted by Crippen LogP contribution is -2.37. The molecular weight excluding hydrogens is 416 g/mol. The quantitative estimate of drug-likeness (QED) is 0.455. The molecule has 0 aliphatic carbocycles. The number of rotatable bonds is 3. The summed E-state index contributed by atoms with van der Waals surface area (Å²) in [4.78, 5) is 1.77. The number of nitriles is 1. The van der Waals surface area contributed by atoms with E-state index in [0.29, 0.717) is 16.3 Å². The Morgan fingerprint density at radius 3 is 2.60 bits per heavy atom. The Bertz CT molecular complexity index is 1420. The molecule has 0 fully saturated rings. The summed E-state index contributed by atoms with van der Waals surface area (Å²) in [6.07, 6.45) is 0. The van der Waals surface area contributed by atoms with Crippen LogP contribution in [0.3, 0.4) is 0 Å². The van der Waals surface area contributed by atoms with Crippen molar-refractivity contribution in [1.82, 2.24) is 0 Å². The van der Waals surface area contributed by atoms with Crippen molar-refractivity contribution in [2.45, 2.75) is 4.90 Å². The molecule has 5 rings (SSSR count). The van der Waals surface area contributed by atoms with Gasteiger partial charge in [0.05, 0.1) is 17.1 Å². The largest absolute Gasteiger partial charge is 0.489 e. The Balaban J connectivity index is 1.60. The van der Waals surface area contributed by atoms with Gasteiger partial charge in [-0.2, -0.15) is 5.26 Å². The molecule has 0 bridgehead atoms. The molecule has 0 saturated carbocycles. The van der Waals surface area contributed by atoms with E-state index >= 15 is 0 Å². The van der Waals surface area contributed by atoms with Crippen LogP contribution in [0.2, 0.25) is 0 Å². The van der Waals surface area contributed by atoms with Crippen LogP contribution in [0.15, 0.2) is 77.7 Å². The second-order valence-corrected chi connectivity index (χ2v) is 9.84. The topological polar surface area (TPSA) is 70.4 Å². The van der Waals surface area contributed by atoms with Gasteiger partial charge in [0.2, 0.25) is 0 Å². The average molecular weight is 433 g/mol. The molecule has 0 N–H and O–H groups in total. The van der Waals surface area contributed by atoms with Gasteiger partial charge < -0.3 is 4.74 Å². The maximum atomic E-state index is 13.5. The minimum Gasteiger partial charge on any atom is -0.489 e. The van der Waals surface area contributed by atoms with E-state index in [2.05, 4.69) is 6.07 Å². The fraction of sp³-hybridized carbons (Fsp3) is 0.0870. The van der Waals surface area contributed by atoms with Crippen LogP contribution in [0.25, 0.3) is 21.2 Å². The van der Waals surface area contributed by atoms with Crippen molar-refractivity contribution in [3.8, 4) is 22.3 Å². The lowest BCUT2D eigenvalue weighted by molar-refractivity contribution is 0.316. The van der Waals surface area contributed by atoms with Gasteiger partial charge in [-0.05, 0) is 58.8 Å². The average Bonchev–Trinajstić information content (AvgIpc) is 3.27. The number of benzene rings is 3. The van der Waals surface area contributed by atoms with Gasteiger partial charge in [0, 0.05) is 4.88 Å². The fourth-order valence-electron chi connectivity index (χ4n) is 3.60. The monoisotopic (exact) mass is 432 g/mol. The standard InChI is InChI=1S/C23H16N2O3S2/c24-15-19-7-10-23(29-19)18-6-9-22-21(14-18)25(11-12-28-22)30(26,27)20-8-5-16-3-1-2-4-17(16)13-20/h1-10,13-14H,11-12H2. The Hall–Kier alpha value is -3.34. The summed E-state index contributed by atoms with van der Waals surface area (Å²) in [5, 5.41) is 11.0. The van der Waals surface area contributed by atoms with Crippen molar-refractivity contribution < 1.29 is 13.2 Å². The van der Waals surface area contributed by atoms with Gasteiger partial charge in [-0.1, -0.05) is 30.3 Å². The molecule has 0 amide bonds. The summed E-state index contributed by atoms with van der Waals surface area (Å²) >= 11 is 1.37. The van der Waals surface area contributed by atoms with Crippen LogP contribution in [-0.4, -0.2) is 21.6 Å². The minimum absolute atomic E-state index is 0.236. The Kier molecular flexibility index (Phi) is 4.46. The maximum absolute atomic E-state index is 13.5. The van der Waals surface area contributed by atoms with Crippen molar-refractivity contribution in [2.75, 3.05) is 17.5 Å². The van der Waals surface area contributed by atoms with Gasteiger partial charge in [-0.3, -0.25) is 4.31 Å². The van der Waals surface area contributed by atoms with E-state index in [4.69, 9.17) is 10.00 Å². The molecule has 0 unspecified atom stereocenters. The molecule has 0 saturated heterocycles. The predicted molar refractivity (Wildman–Crippen MR) is 118 cm³/mol. The Labute approximate surface area is 178 Å². The summed E-state index contributed by atoms with van der Waals surface area (Å²) in [6.45, 7) is 0.524. The van der Waals surface area contributed by atoms with Crippen LogP contribution in [0.4, 0.5) is 5.69 Å². The molecule has 2 heterocycles. The number of fused-ring (bicyclic) bond motifs is 2. The van der Waals surface area contributed by atoms with Gasteiger partial charge in [0.15, 0.2) is 0 Å². The number of sulfonamides is 1. The first-order chi connectivity index (χ1) is 14.6. The van der Waals surface area contributed by atoms with Crippen molar-refractivity contribution >= 4 is 37.8 Å². The normalized spacial score (nSPS) is 13.5. The number of anilines is 1. The first-order valence-corrected chi connectivity index (χ1v) is 11.6. The van der Waals surface area contributed by atoms with Crippen molar-refractivity contribution in [3.63, 3.8) is 0 Å². The third-order valence-corrected chi connectivity index (χ3v) is 7.94. The number of nitrogens with zero attached hydrogens (tertiary/aromatic N) is 2. The second-order valence-electron chi connectivity index (χ2n) is 6.89. The van der Waals surface area contributed by atoms with Gasteiger partial charge in [-0.15, -0.1) is 11.3 Å². The van der Waals surface area contributed by atoms with Gasteiger partial charge in [-0.25, -0.2) is 8.42 Å². The van der Waals surface area contributed by atoms with E-state index in [1.165, 1.54) is 15.6 Å². The predicted octanol–water partition coefficient (Wildman–Crippen LogP) is 5.03. The van der Waals surface area contributed by atoms with E-state index in [1.54, 1.807) is 24.3 Å². The molecule has 30 heavy (non-hydrogen) atoms. The number of hydrogen-bond donors (Lipinski definition) is 0. The van der Waals surface area contributed by atoms with Crippen LogP contribution < -0.4 is 9.04 Å². The van der Waals surface area contributed by atoms with E-state index in [-0.39, 0.29) is 18.0 Å². The maximum Gasteiger partial charge on any atom is 0.264 e. The third-order valence-electron chi connectivity index (χ3n) is 5.09. The van der Waals surface area contributed by atoms with Gasteiger partial charge in [0.1, 0.15) is 23.3 Å². The van der Waals surface area contributed by atoms with E-state index in [1.807, 2.05) is 48.5 Å². The van der Waals surface area contributed by atoms with Crippen molar-refractivity contribution in [1.29, 1.82) is 5.26 Å². The highest BCUT2D eigenvalue weighted by molar-refractivity contribution is 7.92. The number of ether oxygens (including phenoxy) is 1. The Morgan fingerprint density at radius 2 is 1.80 bits per heavy atom. The molecule has 0 spiro atoms. The van der Waals surface area contributed by atoms with E-state index in [9.17, 15) is 8.42 Å². The highest BCUT2D eigenvalue weighted by Gasteiger charge is 2.30. The van der Waals surface area contributed by atoms with Gasteiger partial charge >= 0.3 is 0 Å². The van der Waals surface area contributed by atoms with Crippen LogP contribution in [0.5, 0.6) is 5.75 Å². The molecule has 5 nitrogen and oxygen atoms in total. The zero-order chi connectivity index (χ0) is 20.7. The minimum atomic E-state index is -3.76. The fourth-order valence-corrected chi connectivity index (χ4v) is 5.89. The summed E-state index contributed by atoms with van der Waals surface area (Å²) in [7, 11) is -3.76. The molecule has 1 aliphatic rings. The molecule has 3 aromatic carbocycles. The molecule has 1 aromatic heterocycles. The van der Waals surface area contributed by atoms with Crippen LogP contribution in [0.1, 0.15) is 4.88 Å². The van der Waals surface area contributed by atoms with Crippen LogP contribution >= 0.6 is 11.3 Å². The van der Waals surface area contributed by atoms with E-state index < -0.39 is 10.0 Å². The summed E-state index contributed by atoms with van der Waals surface area (Å²) in [6, 6.07) is 24.1. The molecule has 4 aromatic rings. The summed E-state index contributed by atoms with van der Waals surface area (Å²) in [5.41, 5.74) is 1.36. The van der Waals surface area contributed by atoms with Crippen molar-refractivity contribution in [2.24, 2.45) is 0 Å². The SMILES string of the molecule is N#Cc1ccc(-c2ccc3c(c2)N(S(=O)(=O)c2ccc4ccccc4c2)CCO3)s1. The molecule has 1 aliphatic heterocycles. The van der Waals surface area contributed by atoms with Gasteiger partial charge in [0.25, 0.3) is 10.0 Å². The lowest BCUT2D eigenvalue weighted by Gasteiger charge is -2.31. The second kappa shape index (κ2) is 7.17. The summed E-state index contributed by atoms with van der Waals surface area (Å²) < 4.78 is 34.2. The first kappa shape index (κ1) is 18.7. The molecule has 0 radical (unpaired) electrons. The molecule has 0 atom stereocenters. The number of thiophene rings is 1. The van der Waals surface area contributed by atoms with Crippen LogP contribution in [0, 0.1) is 11.3 Å². The van der Waals surface area contributed by atoms with Crippen LogP contribution in [-0.2, 0) is 10.0 Å². The summed E-state index contributed by atoms with van der Waals surface area (Å²) in [5.74, 6) is 0.534. The number of hydrogen-bond acceptors (Lipinski definition) is 5. The molecule has 7 heteroatoms. The smallest absolute Gasteiger partial charge is 0.264 e. The lowest BCUT2D eigenvalue weighted by atomic mass is 10.1. The van der Waals surface area contributed by atoms with E-state index in [0.717, 1.165) is 21.2 Å².